The zero-order valence-electron chi connectivity index (χ0n) is 10.7. The van der Waals surface area contributed by atoms with Crippen LogP contribution >= 0.6 is 11.8 Å². The Kier molecular flexibility index (Phi) is 3.39. The molecule has 0 saturated carbocycles. The molecule has 1 N–H and O–H groups in total. The number of carboxylic acid groups (broad SMARTS) is 1. The Hall–Kier alpha value is -1.42. The molecule has 3 nitrogen and oxygen atoms in total. The van der Waals surface area contributed by atoms with Gasteiger partial charge in [0.05, 0.1) is 0 Å². The molecule has 96 valence electrons. The number of carboxylic acids is 1. The van der Waals surface area contributed by atoms with Crippen molar-refractivity contribution in [2.45, 2.75) is 31.3 Å². The summed E-state index contributed by atoms with van der Waals surface area (Å²) >= 11 is 1.86. The number of carbonyl (C=O) groups is 1. The predicted octanol–water partition coefficient (Wildman–Crippen LogP) is 4.16. The molecule has 0 aliphatic carbocycles. The van der Waals surface area contributed by atoms with Gasteiger partial charge in [-0.3, -0.25) is 0 Å². The maximum absolute atomic E-state index is 10.8. The van der Waals surface area contributed by atoms with E-state index in [9.17, 15) is 4.79 Å². The Bertz CT molecular complexity index is 578. The van der Waals surface area contributed by atoms with Gasteiger partial charge in [-0.25, -0.2) is 4.79 Å². The van der Waals surface area contributed by atoms with E-state index < -0.39 is 5.97 Å². The molecule has 0 radical (unpaired) electrons. The van der Waals surface area contributed by atoms with Gasteiger partial charge in [0, 0.05) is 15.9 Å². The monoisotopic (exact) mass is 264 g/mol. The summed E-state index contributed by atoms with van der Waals surface area (Å²) in [6.07, 6.45) is 0. The topological polar surface area (TPSA) is 50.4 Å². The van der Waals surface area contributed by atoms with Crippen LogP contribution in [-0.4, -0.2) is 15.8 Å². The van der Waals surface area contributed by atoms with Gasteiger partial charge in [-0.05, 0) is 23.8 Å². The van der Waals surface area contributed by atoms with Gasteiger partial charge in [0.25, 0.3) is 0 Å². The highest BCUT2D eigenvalue weighted by Crippen LogP contribution is 2.29. The first-order valence-corrected chi connectivity index (χ1v) is 6.73. The fourth-order valence-corrected chi connectivity index (χ4v) is 2.37. The largest absolute Gasteiger partial charge is 0.475 e. The van der Waals surface area contributed by atoms with E-state index in [2.05, 4.69) is 20.8 Å². The number of benzene rings is 1. The van der Waals surface area contributed by atoms with E-state index in [0.29, 0.717) is 5.58 Å². The summed E-state index contributed by atoms with van der Waals surface area (Å²) in [7, 11) is 0. The summed E-state index contributed by atoms with van der Waals surface area (Å²) in [5.74, 6) is -0.130. The van der Waals surface area contributed by atoms with Crippen LogP contribution in [0.25, 0.3) is 11.0 Å². The van der Waals surface area contributed by atoms with Crippen molar-refractivity contribution in [3.05, 3.63) is 35.6 Å². The van der Waals surface area contributed by atoms with E-state index >= 15 is 0 Å². The summed E-state index contributed by atoms with van der Waals surface area (Å²) in [5, 5.41) is 9.71. The fraction of sp³-hybridized carbons (Fsp3) is 0.357. The Morgan fingerprint density at radius 2 is 2.06 bits per heavy atom. The molecule has 0 unspecified atom stereocenters. The third-order valence-corrected chi connectivity index (χ3v) is 3.81. The molecule has 1 heterocycles. The van der Waals surface area contributed by atoms with E-state index in [4.69, 9.17) is 9.52 Å². The second-order valence-corrected chi connectivity index (χ2v) is 6.99. The van der Waals surface area contributed by atoms with E-state index in [1.807, 2.05) is 30.0 Å². The van der Waals surface area contributed by atoms with Gasteiger partial charge in [-0.1, -0.05) is 26.8 Å². The summed E-state index contributed by atoms with van der Waals surface area (Å²) in [6.45, 7) is 6.53. The Morgan fingerprint density at radius 3 is 2.67 bits per heavy atom. The summed E-state index contributed by atoms with van der Waals surface area (Å²) in [5.41, 5.74) is 1.80. The van der Waals surface area contributed by atoms with Crippen LogP contribution < -0.4 is 0 Å². The Balaban J connectivity index is 2.24. The van der Waals surface area contributed by atoms with Crippen LogP contribution in [0.5, 0.6) is 0 Å². The lowest BCUT2D eigenvalue weighted by Gasteiger charge is -2.17. The number of rotatable bonds is 3. The number of fused-ring (bicyclic) bond motifs is 1. The quantitative estimate of drug-likeness (QED) is 0.904. The van der Waals surface area contributed by atoms with Gasteiger partial charge in [-0.15, -0.1) is 0 Å². The smallest absolute Gasteiger partial charge is 0.371 e. The van der Waals surface area contributed by atoms with Crippen LogP contribution in [-0.2, 0) is 5.75 Å². The molecule has 2 rings (SSSR count). The minimum atomic E-state index is -1.03. The molecule has 1 aromatic carbocycles. The molecule has 1 aromatic heterocycles. The fourth-order valence-electron chi connectivity index (χ4n) is 1.59. The number of thioether (sulfide) groups is 1. The van der Waals surface area contributed by atoms with Crippen molar-refractivity contribution in [3.8, 4) is 0 Å². The molecule has 0 aliphatic rings. The first kappa shape index (κ1) is 13.0. The van der Waals surface area contributed by atoms with Crippen molar-refractivity contribution in [1.29, 1.82) is 0 Å². The van der Waals surface area contributed by atoms with E-state index in [0.717, 1.165) is 11.1 Å². The molecule has 18 heavy (non-hydrogen) atoms. The number of furan rings is 1. The highest BCUT2D eigenvalue weighted by molar-refractivity contribution is 7.99. The van der Waals surface area contributed by atoms with Crippen LogP contribution in [0.1, 0.15) is 36.9 Å². The highest BCUT2D eigenvalue weighted by atomic mass is 32.2. The minimum Gasteiger partial charge on any atom is -0.475 e. The van der Waals surface area contributed by atoms with Gasteiger partial charge in [0.1, 0.15) is 5.58 Å². The molecule has 0 aliphatic heterocycles. The lowest BCUT2D eigenvalue weighted by Crippen LogP contribution is -2.07. The van der Waals surface area contributed by atoms with Crippen LogP contribution in [0.4, 0.5) is 0 Å². The van der Waals surface area contributed by atoms with Crippen LogP contribution in [0.3, 0.4) is 0 Å². The molecule has 0 spiro atoms. The normalized spacial score (nSPS) is 11.9. The Morgan fingerprint density at radius 1 is 1.33 bits per heavy atom. The maximum Gasteiger partial charge on any atom is 0.371 e. The van der Waals surface area contributed by atoms with Crippen LogP contribution in [0.2, 0.25) is 0 Å². The molecule has 2 aromatic rings. The van der Waals surface area contributed by atoms with Gasteiger partial charge in [-0.2, -0.15) is 11.8 Å². The summed E-state index contributed by atoms with van der Waals surface area (Å²) < 4.78 is 5.44. The van der Waals surface area contributed by atoms with Crippen molar-refractivity contribution in [1.82, 2.24) is 0 Å². The van der Waals surface area contributed by atoms with Gasteiger partial charge in [0.2, 0.25) is 5.76 Å². The van der Waals surface area contributed by atoms with Gasteiger partial charge >= 0.3 is 5.97 Å². The highest BCUT2D eigenvalue weighted by Gasteiger charge is 2.13. The molecular formula is C14H16O3S. The third kappa shape index (κ3) is 3.07. The number of hydrogen-bond acceptors (Lipinski definition) is 3. The van der Waals surface area contributed by atoms with Crippen molar-refractivity contribution < 1.29 is 14.3 Å². The van der Waals surface area contributed by atoms with Crippen molar-refractivity contribution in [3.63, 3.8) is 0 Å². The molecule has 0 amide bonds. The van der Waals surface area contributed by atoms with E-state index in [1.54, 1.807) is 6.07 Å². The summed E-state index contributed by atoms with van der Waals surface area (Å²) in [4.78, 5) is 10.8. The number of aromatic carboxylic acids is 1. The van der Waals surface area contributed by atoms with E-state index in [-0.39, 0.29) is 10.5 Å². The lowest BCUT2D eigenvalue weighted by molar-refractivity contribution is 0.0665. The number of hydrogen-bond donors (Lipinski definition) is 1. The average molecular weight is 264 g/mol. The average Bonchev–Trinajstić information content (AvgIpc) is 2.68. The standard InChI is InChI=1S/C14H16O3S/c1-14(2,3)18-8-9-4-5-11-10(6-9)7-12(17-11)13(15)16/h4-7H,8H2,1-3H3,(H,15,16). The second-order valence-electron chi connectivity index (χ2n) is 5.19. The van der Waals surface area contributed by atoms with Gasteiger partial charge in [0.15, 0.2) is 0 Å². The van der Waals surface area contributed by atoms with Crippen molar-refractivity contribution >= 4 is 28.7 Å². The maximum atomic E-state index is 10.8. The molecule has 0 saturated heterocycles. The Labute approximate surface area is 110 Å². The third-order valence-electron chi connectivity index (χ3n) is 2.46. The van der Waals surface area contributed by atoms with Crippen molar-refractivity contribution in [2.24, 2.45) is 0 Å². The zero-order valence-corrected chi connectivity index (χ0v) is 11.5. The SMILES string of the molecule is CC(C)(C)SCc1ccc2oc(C(=O)O)cc2c1. The molecule has 0 fully saturated rings. The van der Waals surface area contributed by atoms with Crippen LogP contribution in [0.15, 0.2) is 28.7 Å². The second kappa shape index (κ2) is 4.69. The molecule has 0 atom stereocenters. The minimum absolute atomic E-state index is 0.00868. The molecular weight excluding hydrogens is 248 g/mol. The summed E-state index contributed by atoms with van der Waals surface area (Å²) in [6, 6.07) is 7.38. The van der Waals surface area contributed by atoms with Crippen LogP contribution in [0, 0.1) is 0 Å². The first-order chi connectivity index (χ1) is 8.35. The zero-order chi connectivity index (χ0) is 13.3. The first-order valence-electron chi connectivity index (χ1n) is 5.75. The van der Waals surface area contributed by atoms with Crippen molar-refractivity contribution in [2.75, 3.05) is 0 Å². The predicted molar refractivity (Wildman–Crippen MR) is 74.2 cm³/mol. The lowest BCUT2D eigenvalue weighted by atomic mass is 10.2. The van der Waals surface area contributed by atoms with E-state index in [1.165, 1.54) is 5.56 Å². The van der Waals surface area contributed by atoms with Gasteiger partial charge < -0.3 is 9.52 Å². The molecule has 0 bridgehead atoms. The molecule has 4 heteroatoms.